The van der Waals surface area contributed by atoms with E-state index in [0.29, 0.717) is 0 Å². The lowest BCUT2D eigenvalue weighted by Gasteiger charge is -2.28. The number of hydrogen-bond donors (Lipinski definition) is 0. The highest BCUT2D eigenvalue weighted by atomic mass is 19.4. The van der Waals surface area contributed by atoms with E-state index in [9.17, 15) is 18.0 Å². The van der Waals surface area contributed by atoms with E-state index >= 15 is 0 Å². The van der Waals surface area contributed by atoms with Crippen molar-refractivity contribution in [2.75, 3.05) is 14.2 Å². The third kappa shape index (κ3) is 2.48. The van der Waals surface area contributed by atoms with Crippen molar-refractivity contribution in [3.8, 4) is 0 Å². The number of ether oxygens (including phenoxy) is 2. The number of dihydropyridines is 1. The monoisotopic (exact) mass is 287 g/mol. The second-order valence-electron chi connectivity index (χ2n) is 4.24. The zero-order valence-electron chi connectivity index (χ0n) is 10.8. The molecule has 2 atom stereocenters. The topological polar surface area (TPSA) is 47.9 Å². The summed E-state index contributed by atoms with van der Waals surface area (Å²) in [4.78, 5) is 15.2. The molecule has 1 unspecified atom stereocenters. The van der Waals surface area contributed by atoms with Crippen LogP contribution in [0.15, 0.2) is 40.8 Å². The van der Waals surface area contributed by atoms with Gasteiger partial charge in [-0.3, -0.25) is 4.79 Å². The predicted molar refractivity (Wildman–Crippen MR) is 64.8 cm³/mol. The van der Waals surface area contributed by atoms with E-state index in [4.69, 9.17) is 4.74 Å². The highest BCUT2D eigenvalue weighted by molar-refractivity contribution is 6.01. The maximum Gasteiger partial charge on any atom is 0.433 e. The lowest BCUT2D eigenvalue weighted by molar-refractivity contribution is -0.144. The van der Waals surface area contributed by atoms with Gasteiger partial charge in [0.2, 0.25) is 0 Å². The SMILES string of the molecule is COC(=O)C1C=CC(OC)=C2N=C(C(F)(F)F)C=C[C@@H]21. The van der Waals surface area contributed by atoms with Crippen LogP contribution >= 0.6 is 0 Å². The molecule has 1 heterocycles. The Balaban J connectivity index is 2.44. The standard InChI is InChI=1S/C13H12F3NO3/c1-19-9-5-3-8(12(18)20-2)7-4-6-10(13(14,15)16)17-11(7)9/h3-8H,1-2H3/t7-,8?/m1/s1. The highest BCUT2D eigenvalue weighted by Crippen LogP contribution is 2.37. The molecule has 0 saturated carbocycles. The lowest BCUT2D eigenvalue weighted by atomic mass is 9.83. The molecule has 0 fully saturated rings. The van der Waals surface area contributed by atoms with Crippen LogP contribution in [-0.4, -0.2) is 32.1 Å². The molecular weight excluding hydrogens is 275 g/mol. The van der Waals surface area contributed by atoms with Crippen molar-refractivity contribution in [2.24, 2.45) is 16.8 Å². The zero-order valence-corrected chi connectivity index (χ0v) is 10.8. The quantitative estimate of drug-likeness (QED) is 0.733. The minimum atomic E-state index is -4.55. The van der Waals surface area contributed by atoms with Gasteiger partial charge in [0.15, 0.2) is 0 Å². The van der Waals surface area contributed by atoms with E-state index < -0.39 is 29.7 Å². The van der Waals surface area contributed by atoms with Gasteiger partial charge in [0.25, 0.3) is 0 Å². The number of alkyl halides is 3. The predicted octanol–water partition coefficient (Wildman–Crippen LogP) is 2.39. The van der Waals surface area contributed by atoms with Gasteiger partial charge < -0.3 is 9.47 Å². The molecule has 0 radical (unpaired) electrons. The van der Waals surface area contributed by atoms with Crippen molar-refractivity contribution < 1.29 is 27.4 Å². The molecule has 2 rings (SSSR count). The highest BCUT2D eigenvalue weighted by Gasteiger charge is 2.40. The van der Waals surface area contributed by atoms with Crippen molar-refractivity contribution in [3.05, 3.63) is 35.8 Å². The van der Waals surface area contributed by atoms with Crippen LogP contribution in [-0.2, 0) is 14.3 Å². The average Bonchev–Trinajstić information content (AvgIpc) is 2.43. The number of fused-ring (bicyclic) bond motifs is 1. The Labute approximate surface area is 113 Å². The van der Waals surface area contributed by atoms with Gasteiger partial charge in [0.1, 0.15) is 11.5 Å². The molecule has 0 saturated heterocycles. The normalized spacial score (nSPS) is 25.1. The van der Waals surface area contributed by atoms with E-state index in [1.807, 2.05) is 0 Å². The Morgan fingerprint density at radius 3 is 2.50 bits per heavy atom. The number of methoxy groups -OCH3 is 2. The van der Waals surface area contributed by atoms with Crippen molar-refractivity contribution in [1.82, 2.24) is 0 Å². The van der Waals surface area contributed by atoms with Crippen LogP contribution in [0.3, 0.4) is 0 Å². The molecule has 7 heteroatoms. The summed E-state index contributed by atoms with van der Waals surface area (Å²) in [5.41, 5.74) is -0.933. The number of aliphatic imine (C=N–C) groups is 1. The van der Waals surface area contributed by atoms with Crippen LogP contribution < -0.4 is 0 Å². The van der Waals surface area contributed by atoms with Crippen LogP contribution in [0.2, 0.25) is 0 Å². The van der Waals surface area contributed by atoms with Gasteiger partial charge in [0, 0.05) is 5.92 Å². The number of hydrogen-bond acceptors (Lipinski definition) is 4. The second kappa shape index (κ2) is 5.15. The van der Waals surface area contributed by atoms with E-state index in [2.05, 4.69) is 9.73 Å². The molecule has 0 aromatic rings. The minimum absolute atomic E-state index is 0.0835. The van der Waals surface area contributed by atoms with E-state index in [0.717, 1.165) is 6.08 Å². The number of rotatable bonds is 2. The Morgan fingerprint density at radius 2 is 1.95 bits per heavy atom. The van der Waals surface area contributed by atoms with Gasteiger partial charge >= 0.3 is 12.1 Å². The summed E-state index contributed by atoms with van der Waals surface area (Å²) in [6.45, 7) is 0. The first-order valence-corrected chi connectivity index (χ1v) is 5.76. The summed E-state index contributed by atoms with van der Waals surface area (Å²) in [7, 11) is 2.56. The summed E-state index contributed by atoms with van der Waals surface area (Å²) in [5, 5.41) is 0. The van der Waals surface area contributed by atoms with Gasteiger partial charge in [-0.1, -0.05) is 12.2 Å². The van der Waals surface area contributed by atoms with E-state index in [-0.39, 0.29) is 11.5 Å². The third-order valence-electron chi connectivity index (χ3n) is 3.10. The molecule has 0 aromatic carbocycles. The van der Waals surface area contributed by atoms with Crippen molar-refractivity contribution >= 4 is 11.7 Å². The molecule has 0 N–H and O–H groups in total. The summed E-state index contributed by atoms with van der Waals surface area (Å²) in [5.74, 6) is -1.65. The van der Waals surface area contributed by atoms with E-state index in [1.54, 1.807) is 0 Å². The number of carbonyl (C=O) groups is 1. The molecule has 0 aromatic heterocycles. The Kier molecular flexibility index (Phi) is 3.69. The maximum atomic E-state index is 12.7. The fourth-order valence-electron chi connectivity index (χ4n) is 2.12. The number of nitrogens with zero attached hydrogens (tertiary/aromatic N) is 1. The molecule has 0 amide bonds. The van der Waals surface area contributed by atoms with Gasteiger partial charge in [-0.25, -0.2) is 4.99 Å². The Hall–Kier alpha value is -2.05. The van der Waals surface area contributed by atoms with Gasteiger partial charge in [-0.05, 0) is 12.2 Å². The van der Waals surface area contributed by atoms with Crippen LogP contribution in [0.25, 0.3) is 0 Å². The number of allylic oxidation sites excluding steroid dienone is 3. The molecule has 0 bridgehead atoms. The van der Waals surface area contributed by atoms with E-state index in [1.165, 1.54) is 32.4 Å². The van der Waals surface area contributed by atoms with Crippen LogP contribution in [0, 0.1) is 11.8 Å². The lowest BCUT2D eigenvalue weighted by Crippen LogP contribution is -2.31. The Morgan fingerprint density at radius 1 is 1.25 bits per heavy atom. The number of carbonyl (C=O) groups excluding carboxylic acids is 1. The molecule has 20 heavy (non-hydrogen) atoms. The summed E-state index contributed by atoms with van der Waals surface area (Å²) in [6, 6.07) is 0. The smallest absolute Gasteiger partial charge is 0.433 e. The molecule has 1 aliphatic carbocycles. The summed E-state index contributed by atoms with van der Waals surface area (Å²) < 4.78 is 47.8. The van der Waals surface area contributed by atoms with Crippen molar-refractivity contribution in [3.63, 3.8) is 0 Å². The molecular formula is C13H12F3NO3. The summed E-state index contributed by atoms with van der Waals surface area (Å²) in [6.07, 6.45) is 0.600. The molecule has 1 aliphatic heterocycles. The maximum absolute atomic E-state index is 12.7. The first kappa shape index (κ1) is 14.4. The van der Waals surface area contributed by atoms with Gasteiger partial charge in [0.05, 0.1) is 25.8 Å². The Bertz CT molecular complexity index is 544. The largest absolute Gasteiger partial charge is 0.495 e. The van der Waals surface area contributed by atoms with Crippen LogP contribution in [0.4, 0.5) is 13.2 Å². The van der Waals surface area contributed by atoms with Gasteiger partial charge in [-0.2, -0.15) is 13.2 Å². The number of halogens is 3. The fourth-order valence-corrected chi connectivity index (χ4v) is 2.12. The van der Waals surface area contributed by atoms with Crippen molar-refractivity contribution in [1.29, 1.82) is 0 Å². The molecule has 4 nitrogen and oxygen atoms in total. The first-order valence-electron chi connectivity index (χ1n) is 5.76. The minimum Gasteiger partial charge on any atom is -0.495 e. The van der Waals surface area contributed by atoms with Crippen LogP contribution in [0.1, 0.15) is 0 Å². The van der Waals surface area contributed by atoms with Crippen LogP contribution in [0.5, 0.6) is 0 Å². The third-order valence-corrected chi connectivity index (χ3v) is 3.10. The molecule has 108 valence electrons. The molecule has 2 aliphatic rings. The fraction of sp³-hybridized carbons (Fsp3) is 0.385. The molecule has 0 spiro atoms. The second-order valence-corrected chi connectivity index (χ2v) is 4.24. The van der Waals surface area contributed by atoms with Gasteiger partial charge in [-0.15, -0.1) is 0 Å². The zero-order chi connectivity index (χ0) is 14.9. The first-order chi connectivity index (χ1) is 9.38. The number of esters is 1. The van der Waals surface area contributed by atoms with Crippen molar-refractivity contribution in [2.45, 2.75) is 6.18 Å². The summed E-state index contributed by atoms with van der Waals surface area (Å²) >= 11 is 0. The average molecular weight is 287 g/mol.